The minimum atomic E-state index is -0.581. The maximum Gasteiger partial charge on any atom is 0.240 e. The van der Waals surface area contributed by atoms with E-state index in [1.165, 1.54) is 0 Å². The molecule has 0 aliphatic heterocycles. The van der Waals surface area contributed by atoms with Crippen molar-refractivity contribution in [3.8, 4) is 0 Å². The van der Waals surface area contributed by atoms with Crippen molar-refractivity contribution in [2.45, 2.75) is 39.9 Å². The highest BCUT2D eigenvalue weighted by Gasteiger charge is 2.31. The topological polar surface area (TPSA) is 72.6 Å². The van der Waals surface area contributed by atoms with Crippen LogP contribution in [-0.2, 0) is 17.9 Å². The Kier molecular flexibility index (Phi) is 4.53. The van der Waals surface area contributed by atoms with E-state index in [0.717, 1.165) is 11.5 Å². The molecule has 0 aliphatic carbocycles. The number of nitrogens with two attached hydrogens (primary N) is 1. The summed E-state index contributed by atoms with van der Waals surface area (Å²) in [5.74, 6) is 1.32. The molecule has 2 aromatic rings. The van der Waals surface area contributed by atoms with Crippen molar-refractivity contribution in [1.82, 2.24) is 4.90 Å². The zero-order chi connectivity index (χ0) is 15.5. The van der Waals surface area contributed by atoms with Gasteiger partial charge < -0.3 is 19.5 Å². The molecule has 1 atom stereocenters. The summed E-state index contributed by atoms with van der Waals surface area (Å²) < 4.78 is 10.7. The van der Waals surface area contributed by atoms with Crippen LogP contribution in [0.1, 0.15) is 32.3 Å². The van der Waals surface area contributed by atoms with Crippen LogP contribution in [0.5, 0.6) is 0 Å². The standard InChI is InChI=1S/C16H22N2O3/c1-16(2,3)14(17)15(19)18(10-12-6-4-8-20-12)11-13-7-5-9-21-13/h4-9,14H,10-11,17H2,1-3H3/t14-/m0/s1. The second kappa shape index (κ2) is 6.18. The first-order valence-electron chi connectivity index (χ1n) is 6.97. The van der Waals surface area contributed by atoms with Gasteiger partial charge in [0, 0.05) is 0 Å². The van der Waals surface area contributed by atoms with Gasteiger partial charge >= 0.3 is 0 Å². The Morgan fingerprint density at radius 1 is 1.14 bits per heavy atom. The van der Waals surface area contributed by atoms with Gasteiger partial charge in [0.05, 0.1) is 31.7 Å². The quantitative estimate of drug-likeness (QED) is 0.919. The molecule has 0 bridgehead atoms. The van der Waals surface area contributed by atoms with Crippen molar-refractivity contribution in [3.63, 3.8) is 0 Å². The van der Waals surface area contributed by atoms with Gasteiger partial charge in [0.25, 0.3) is 0 Å². The lowest BCUT2D eigenvalue weighted by atomic mass is 9.86. The van der Waals surface area contributed by atoms with Crippen LogP contribution in [0, 0.1) is 5.41 Å². The van der Waals surface area contributed by atoms with Crippen LogP contribution < -0.4 is 5.73 Å². The van der Waals surface area contributed by atoms with Gasteiger partial charge in [0.1, 0.15) is 11.5 Å². The Hall–Kier alpha value is -2.01. The van der Waals surface area contributed by atoms with E-state index in [1.54, 1.807) is 29.6 Å². The fourth-order valence-electron chi connectivity index (χ4n) is 1.96. The number of rotatable bonds is 5. The largest absolute Gasteiger partial charge is 0.467 e. The van der Waals surface area contributed by atoms with Crippen LogP contribution in [0.2, 0.25) is 0 Å². The average Bonchev–Trinajstić information content (AvgIpc) is 3.08. The molecule has 0 aliphatic rings. The highest BCUT2D eigenvalue weighted by Crippen LogP contribution is 2.21. The number of furan rings is 2. The van der Waals surface area contributed by atoms with E-state index in [2.05, 4.69) is 0 Å². The number of hydrogen-bond donors (Lipinski definition) is 1. The predicted molar refractivity (Wildman–Crippen MR) is 79.1 cm³/mol. The first-order chi connectivity index (χ1) is 9.88. The Morgan fingerprint density at radius 3 is 1.95 bits per heavy atom. The molecule has 0 fully saturated rings. The predicted octanol–water partition coefficient (Wildman–Crippen LogP) is 2.77. The van der Waals surface area contributed by atoms with Crippen LogP contribution in [0.3, 0.4) is 0 Å². The van der Waals surface area contributed by atoms with Crippen molar-refractivity contribution < 1.29 is 13.6 Å². The Balaban J connectivity index is 2.16. The second-order valence-electron chi connectivity index (χ2n) is 6.20. The molecule has 0 spiro atoms. The van der Waals surface area contributed by atoms with E-state index in [9.17, 15) is 4.79 Å². The maximum atomic E-state index is 12.7. The Bertz CT molecular complexity index is 517. The van der Waals surface area contributed by atoms with E-state index in [4.69, 9.17) is 14.6 Å². The van der Waals surface area contributed by atoms with Crippen LogP contribution in [-0.4, -0.2) is 16.8 Å². The lowest BCUT2D eigenvalue weighted by Gasteiger charge is -2.31. The van der Waals surface area contributed by atoms with Gasteiger partial charge in [-0.1, -0.05) is 20.8 Å². The van der Waals surface area contributed by atoms with Gasteiger partial charge in [0.15, 0.2) is 0 Å². The molecule has 2 N–H and O–H groups in total. The smallest absolute Gasteiger partial charge is 0.240 e. The second-order valence-corrected chi connectivity index (χ2v) is 6.20. The lowest BCUT2D eigenvalue weighted by Crippen LogP contribution is -2.49. The highest BCUT2D eigenvalue weighted by molar-refractivity contribution is 5.82. The van der Waals surface area contributed by atoms with Crippen molar-refractivity contribution in [2.75, 3.05) is 0 Å². The minimum Gasteiger partial charge on any atom is -0.467 e. The first-order valence-corrected chi connectivity index (χ1v) is 6.97. The molecule has 0 unspecified atom stereocenters. The minimum absolute atomic E-state index is 0.115. The van der Waals surface area contributed by atoms with Crippen LogP contribution in [0.15, 0.2) is 45.6 Å². The molecular weight excluding hydrogens is 268 g/mol. The van der Waals surface area contributed by atoms with Gasteiger partial charge in [0.2, 0.25) is 5.91 Å². The SMILES string of the molecule is CC(C)(C)[C@@H](N)C(=O)N(Cc1ccco1)Cc1ccco1. The summed E-state index contributed by atoms with van der Waals surface area (Å²) in [5, 5.41) is 0. The number of nitrogens with zero attached hydrogens (tertiary/aromatic N) is 1. The van der Waals surface area contributed by atoms with E-state index in [-0.39, 0.29) is 11.3 Å². The summed E-state index contributed by atoms with van der Waals surface area (Å²) in [6.45, 7) is 6.60. The third kappa shape index (κ3) is 3.98. The zero-order valence-electron chi connectivity index (χ0n) is 12.7. The van der Waals surface area contributed by atoms with Gasteiger partial charge in [-0.3, -0.25) is 4.79 Å². The highest BCUT2D eigenvalue weighted by atomic mass is 16.3. The molecule has 2 aromatic heterocycles. The van der Waals surface area contributed by atoms with E-state index < -0.39 is 6.04 Å². The molecule has 0 aromatic carbocycles. The number of carbonyl (C=O) groups is 1. The number of hydrogen-bond acceptors (Lipinski definition) is 4. The van der Waals surface area contributed by atoms with E-state index in [1.807, 2.05) is 32.9 Å². The molecule has 0 saturated carbocycles. The Morgan fingerprint density at radius 2 is 1.62 bits per heavy atom. The molecular formula is C16H22N2O3. The maximum absolute atomic E-state index is 12.7. The van der Waals surface area contributed by atoms with Crippen LogP contribution in [0.25, 0.3) is 0 Å². The zero-order valence-corrected chi connectivity index (χ0v) is 12.7. The lowest BCUT2D eigenvalue weighted by molar-refractivity contribution is -0.136. The van der Waals surface area contributed by atoms with Gasteiger partial charge in [-0.05, 0) is 29.7 Å². The molecule has 114 valence electrons. The number of amides is 1. The Labute approximate surface area is 124 Å². The molecule has 5 nitrogen and oxygen atoms in total. The molecule has 1 amide bonds. The van der Waals surface area contributed by atoms with E-state index in [0.29, 0.717) is 13.1 Å². The van der Waals surface area contributed by atoms with Crippen molar-refractivity contribution >= 4 is 5.91 Å². The monoisotopic (exact) mass is 290 g/mol. The van der Waals surface area contributed by atoms with Crippen molar-refractivity contribution in [2.24, 2.45) is 11.1 Å². The normalized spacial score (nSPS) is 13.1. The summed E-state index contributed by atoms with van der Waals surface area (Å²) in [7, 11) is 0. The summed E-state index contributed by atoms with van der Waals surface area (Å²) in [6.07, 6.45) is 3.18. The molecule has 2 heterocycles. The van der Waals surface area contributed by atoms with Crippen LogP contribution in [0.4, 0.5) is 0 Å². The van der Waals surface area contributed by atoms with Gasteiger partial charge in [-0.2, -0.15) is 0 Å². The summed E-state index contributed by atoms with van der Waals surface area (Å²) in [4.78, 5) is 14.3. The van der Waals surface area contributed by atoms with Crippen molar-refractivity contribution in [3.05, 3.63) is 48.3 Å². The molecule has 0 saturated heterocycles. The molecule has 0 radical (unpaired) electrons. The van der Waals surface area contributed by atoms with Gasteiger partial charge in [-0.25, -0.2) is 0 Å². The average molecular weight is 290 g/mol. The summed E-state index contributed by atoms with van der Waals surface area (Å²) in [5.41, 5.74) is 5.80. The molecule has 21 heavy (non-hydrogen) atoms. The summed E-state index contributed by atoms with van der Waals surface area (Å²) in [6, 6.07) is 6.70. The summed E-state index contributed by atoms with van der Waals surface area (Å²) >= 11 is 0. The van der Waals surface area contributed by atoms with Gasteiger partial charge in [-0.15, -0.1) is 0 Å². The third-order valence-electron chi connectivity index (χ3n) is 3.36. The fourth-order valence-corrected chi connectivity index (χ4v) is 1.96. The third-order valence-corrected chi connectivity index (χ3v) is 3.36. The molecule has 5 heteroatoms. The van der Waals surface area contributed by atoms with Crippen molar-refractivity contribution in [1.29, 1.82) is 0 Å². The first kappa shape index (κ1) is 15.4. The fraction of sp³-hybridized carbons (Fsp3) is 0.438. The van der Waals surface area contributed by atoms with E-state index >= 15 is 0 Å². The van der Waals surface area contributed by atoms with Crippen LogP contribution >= 0.6 is 0 Å². The number of carbonyl (C=O) groups excluding carboxylic acids is 1. The molecule has 2 rings (SSSR count).